The molecule has 0 N–H and O–H groups in total. The standard InChI is InChI=1S/C19H26O3Si/c1-13(2)23(14(3)4,15(5)6)10-9-16-7-8-18-19(17(16)11-20)22-12-21-18/h7-8,11,13-15H,12H2,1-6H3. The smallest absolute Gasteiger partial charge is 0.231 e. The fraction of sp³-hybridized carbons (Fsp3) is 0.526. The van der Waals surface area contributed by atoms with Gasteiger partial charge < -0.3 is 9.47 Å². The van der Waals surface area contributed by atoms with Gasteiger partial charge in [0.1, 0.15) is 8.07 Å². The van der Waals surface area contributed by atoms with Crippen LogP contribution in [0.1, 0.15) is 57.5 Å². The predicted molar refractivity (Wildman–Crippen MR) is 95.9 cm³/mol. The van der Waals surface area contributed by atoms with Crippen LogP contribution in [0.3, 0.4) is 0 Å². The Morgan fingerprint density at radius 1 is 1.04 bits per heavy atom. The molecule has 1 aromatic carbocycles. The Morgan fingerprint density at radius 3 is 2.17 bits per heavy atom. The van der Waals surface area contributed by atoms with Crippen molar-refractivity contribution in [1.29, 1.82) is 0 Å². The molecule has 0 unspecified atom stereocenters. The molecule has 23 heavy (non-hydrogen) atoms. The Hall–Kier alpha value is -1.73. The molecule has 3 nitrogen and oxygen atoms in total. The Kier molecular flexibility index (Phi) is 5.21. The summed E-state index contributed by atoms with van der Waals surface area (Å²) in [6.45, 7) is 13.8. The molecule has 0 atom stereocenters. The van der Waals surface area contributed by atoms with Crippen LogP contribution in [0, 0.1) is 11.5 Å². The van der Waals surface area contributed by atoms with Gasteiger partial charge in [0, 0.05) is 5.56 Å². The molecule has 1 aliphatic heterocycles. The van der Waals surface area contributed by atoms with E-state index in [1.165, 1.54) is 0 Å². The molecule has 0 amide bonds. The quantitative estimate of drug-likeness (QED) is 0.452. The van der Waals surface area contributed by atoms with Crippen molar-refractivity contribution in [2.75, 3.05) is 6.79 Å². The van der Waals surface area contributed by atoms with Gasteiger partial charge in [-0.15, -0.1) is 5.54 Å². The maximum absolute atomic E-state index is 11.5. The molecule has 0 aliphatic carbocycles. The van der Waals surface area contributed by atoms with Crippen molar-refractivity contribution >= 4 is 14.4 Å². The van der Waals surface area contributed by atoms with E-state index in [0.29, 0.717) is 33.7 Å². The van der Waals surface area contributed by atoms with E-state index in [0.717, 1.165) is 11.8 Å². The highest BCUT2D eigenvalue weighted by Crippen LogP contribution is 2.41. The summed E-state index contributed by atoms with van der Waals surface area (Å²) in [5, 5.41) is 0. The molecule has 0 bridgehead atoms. The maximum Gasteiger partial charge on any atom is 0.231 e. The molecule has 1 heterocycles. The van der Waals surface area contributed by atoms with E-state index in [2.05, 4.69) is 53.0 Å². The summed E-state index contributed by atoms with van der Waals surface area (Å²) < 4.78 is 10.8. The molecule has 0 saturated heterocycles. The number of hydrogen-bond donors (Lipinski definition) is 0. The molecule has 0 fully saturated rings. The van der Waals surface area contributed by atoms with Gasteiger partial charge in [-0.25, -0.2) is 0 Å². The zero-order valence-corrected chi connectivity index (χ0v) is 15.9. The molecule has 0 aromatic heterocycles. The molecule has 124 valence electrons. The summed E-state index contributed by atoms with van der Waals surface area (Å²) in [4.78, 5) is 11.5. The van der Waals surface area contributed by atoms with Crippen LogP contribution >= 0.6 is 0 Å². The van der Waals surface area contributed by atoms with Gasteiger partial charge in [-0.3, -0.25) is 4.79 Å². The number of carbonyl (C=O) groups excluding carboxylic acids is 1. The molecule has 0 saturated carbocycles. The molecule has 1 aliphatic rings. The average molecular weight is 331 g/mol. The molecule has 2 rings (SSSR count). The lowest BCUT2D eigenvalue weighted by Gasteiger charge is -2.38. The number of rotatable bonds is 4. The van der Waals surface area contributed by atoms with E-state index in [-0.39, 0.29) is 6.79 Å². The van der Waals surface area contributed by atoms with Crippen LogP contribution in [-0.4, -0.2) is 21.2 Å². The monoisotopic (exact) mass is 330 g/mol. The number of fused-ring (bicyclic) bond motifs is 1. The fourth-order valence-electron chi connectivity index (χ4n) is 3.83. The summed E-state index contributed by atoms with van der Waals surface area (Å²) in [6.07, 6.45) is 0.820. The summed E-state index contributed by atoms with van der Waals surface area (Å²) in [7, 11) is -1.82. The summed E-state index contributed by atoms with van der Waals surface area (Å²) in [5.74, 6) is 4.47. The normalized spacial score (nSPS) is 13.4. The molecule has 0 spiro atoms. The number of aldehydes is 1. The first-order valence-corrected chi connectivity index (χ1v) is 10.5. The molecular formula is C19H26O3Si. The lowest BCUT2D eigenvalue weighted by atomic mass is 10.1. The van der Waals surface area contributed by atoms with E-state index in [9.17, 15) is 4.79 Å². The third-order valence-electron chi connectivity index (χ3n) is 4.98. The summed E-state index contributed by atoms with van der Waals surface area (Å²) >= 11 is 0. The first kappa shape index (κ1) is 17.6. The topological polar surface area (TPSA) is 35.5 Å². The van der Waals surface area contributed by atoms with Crippen molar-refractivity contribution in [3.8, 4) is 23.0 Å². The molecule has 1 aromatic rings. The lowest BCUT2D eigenvalue weighted by Crippen LogP contribution is -2.43. The SMILES string of the molecule is CC(C)[Si](C#Cc1ccc2c(c1C=O)OCO2)(C(C)C)C(C)C. The predicted octanol–water partition coefficient (Wildman–Crippen LogP) is 4.80. The minimum Gasteiger partial charge on any atom is -0.454 e. The van der Waals surface area contributed by atoms with Gasteiger partial charge >= 0.3 is 0 Å². The van der Waals surface area contributed by atoms with Crippen molar-refractivity contribution in [3.05, 3.63) is 23.3 Å². The number of ether oxygens (including phenoxy) is 2. The van der Waals surface area contributed by atoms with Gasteiger partial charge in [-0.2, -0.15) is 0 Å². The van der Waals surface area contributed by atoms with Crippen molar-refractivity contribution in [3.63, 3.8) is 0 Å². The lowest BCUT2D eigenvalue weighted by molar-refractivity contribution is 0.111. The van der Waals surface area contributed by atoms with Gasteiger partial charge in [-0.1, -0.05) is 47.5 Å². The highest BCUT2D eigenvalue weighted by Gasteiger charge is 2.41. The van der Waals surface area contributed by atoms with Crippen molar-refractivity contribution in [2.45, 2.75) is 58.2 Å². The average Bonchev–Trinajstić information content (AvgIpc) is 2.94. The van der Waals surface area contributed by atoms with Crippen LogP contribution in [0.2, 0.25) is 16.6 Å². The molecule has 4 heteroatoms. The zero-order valence-electron chi connectivity index (χ0n) is 14.9. The summed E-state index contributed by atoms with van der Waals surface area (Å²) in [6, 6.07) is 3.70. The first-order valence-electron chi connectivity index (χ1n) is 8.25. The minimum absolute atomic E-state index is 0.162. The first-order chi connectivity index (χ1) is 10.8. The fourth-order valence-corrected chi connectivity index (χ4v) is 9.05. The summed E-state index contributed by atoms with van der Waals surface area (Å²) in [5.41, 5.74) is 6.57. The minimum atomic E-state index is -1.82. The third kappa shape index (κ3) is 3.03. The third-order valence-corrected chi connectivity index (χ3v) is 11.3. The Morgan fingerprint density at radius 2 is 1.65 bits per heavy atom. The number of carbonyl (C=O) groups is 1. The van der Waals surface area contributed by atoms with Gasteiger partial charge in [0.05, 0.1) is 5.56 Å². The van der Waals surface area contributed by atoms with E-state index in [1.807, 2.05) is 12.1 Å². The van der Waals surface area contributed by atoms with Gasteiger partial charge in [-0.05, 0) is 28.8 Å². The van der Waals surface area contributed by atoms with Crippen LogP contribution in [0.5, 0.6) is 11.5 Å². The van der Waals surface area contributed by atoms with Gasteiger partial charge in [0.15, 0.2) is 17.8 Å². The van der Waals surface area contributed by atoms with Crippen molar-refractivity contribution < 1.29 is 14.3 Å². The maximum atomic E-state index is 11.5. The zero-order chi connectivity index (χ0) is 17.2. The Labute approximate surface area is 140 Å². The second-order valence-corrected chi connectivity index (χ2v) is 12.6. The van der Waals surface area contributed by atoms with Crippen LogP contribution in [-0.2, 0) is 0 Å². The largest absolute Gasteiger partial charge is 0.454 e. The second-order valence-electron chi connectivity index (χ2n) is 7.03. The Balaban J connectivity index is 2.54. The van der Waals surface area contributed by atoms with Crippen LogP contribution in [0.25, 0.3) is 0 Å². The van der Waals surface area contributed by atoms with Crippen LogP contribution < -0.4 is 9.47 Å². The Bertz CT molecular complexity index is 629. The second kappa shape index (κ2) is 6.80. The number of hydrogen-bond acceptors (Lipinski definition) is 3. The van der Waals surface area contributed by atoms with Crippen molar-refractivity contribution in [2.24, 2.45) is 0 Å². The molecular weight excluding hydrogens is 304 g/mol. The van der Waals surface area contributed by atoms with Crippen LogP contribution in [0.4, 0.5) is 0 Å². The van der Waals surface area contributed by atoms with E-state index >= 15 is 0 Å². The molecule has 0 radical (unpaired) electrons. The van der Waals surface area contributed by atoms with Crippen LogP contribution in [0.15, 0.2) is 12.1 Å². The van der Waals surface area contributed by atoms with E-state index in [4.69, 9.17) is 9.47 Å². The highest BCUT2D eigenvalue weighted by molar-refractivity contribution is 6.90. The number of benzene rings is 1. The van der Waals surface area contributed by atoms with E-state index in [1.54, 1.807) is 0 Å². The van der Waals surface area contributed by atoms with Gasteiger partial charge in [0.2, 0.25) is 6.79 Å². The van der Waals surface area contributed by atoms with E-state index < -0.39 is 8.07 Å². The van der Waals surface area contributed by atoms with Crippen molar-refractivity contribution in [1.82, 2.24) is 0 Å². The highest BCUT2D eigenvalue weighted by atomic mass is 28.3. The van der Waals surface area contributed by atoms with Gasteiger partial charge in [0.25, 0.3) is 0 Å².